The van der Waals surface area contributed by atoms with Gasteiger partial charge in [0.2, 0.25) is 10.0 Å². The Bertz CT molecular complexity index is 893. The van der Waals surface area contributed by atoms with Crippen molar-refractivity contribution in [3.05, 3.63) is 57.4 Å². The summed E-state index contributed by atoms with van der Waals surface area (Å²) in [6, 6.07) is 9.32. The van der Waals surface area contributed by atoms with Gasteiger partial charge in [0.05, 0.1) is 6.54 Å². The van der Waals surface area contributed by atoms with Gasteiger partial charge in [-0.2, -0.15) is 4.31 Å². The lowest BCUT2D eigenvalue weighted by Gasteiger charge is -2.18. The highest BCUT2D eigenvalue weighted by atomic mass is 32.2. The van der Waals surface area contributed by atoms with E-state index in [1.807, 2.05) is 37.3 Å². The maximum atomic E-state index is 12.9. The van der Waals surface area contributed by atoms with Crippen molar-refractivity contribution >= 4 is 33.3 Å². The van der Waals surface area contributed by atoms with Crippen molar-refractivity contribution in [3.8, 4) is 0 Å². The molecule has 0 fully saturated rings. The first-order valence-electron chi connectivity index (χ1n) is 9.92. The van der Waals surface area contributed by atoms with Crippen molar-refractivity contribution in [2.24, 2.45) is 0 Å². The minimum atomic E-state index is -3.60. The lowest BCUT2D eigenvalue weighted by atomic mass is 10.2. The quantitative estimate of drug-likeness (QED) is 0.505. The van der Waals surface area contributed by atoms with Crippen molar-refractivity contribution < 1.29 is 13.2 Å². The average Bonchev–Trinajstić information content (AvgIpc) is 3.19. The molecule has 6 nitrogen and oxygen atoms in total. The van der Waals surface area contributed by atoms with Gasteiger partial charge in [-0.3, -0.25) is 4.79 Å². The van der Waals surface area contributed by atoms with E-state index in [0.29, 0.717) is 23.8 Å². The summed E-state index contributed by atoms with van der Waals surface area (Å²) >= 11 is 1.31. The standard InChI is InChI=1S/C21H29N3O3S2/c1-3-5-13-22-21(25)19-17-28-20(23-19)16-24(14-6-4-2)29(26,27)15-12-18-10-8-7-9-11-18/h7-12,15,17H,3-6,13-14,16H2,1-2H3,(H,22,25). The molecule has 0 aliphatic rings. The summed E-state index contributed by atoms with van der Waals surface area (Å²) in [4.78, 5) is 16.5. The lowest BCUT2D eigenvalue weighted by Crippen LogP contribution is -2.30. The molecule has 0 atom stereocenters. The van der Waals surface area contributed by atoms with Crippen LogP contribution in [0.25, 0.3) is 6.08 Å². The van der Waals surface area contributed by atoms with Crippen LogP contribution in [0.4, 0.5) is 0 Å². The summed E-state index contributed by atoms with van der Waals surface area (Å²) in [5.41, 5.74) is 1.17. The van der Waals surface area contributed by atoms with Crippen molar-refractivity contribution in [2.45, 2.75) is 46.1 Å². The Balaban J connectivity index is 2.10. The van der Waals surface area contributed by atoms with Gasteiger partial charge in [0.15, 0.2) is 0 Å². The summed E-state index contributed by atoms with van der Waals surface area (Å²) in [6.07, 6.45) is 5.16. The predicted octanol–water partition coefficient (Wildman–Crippen LogP) is 4.28. The molecule has 2 rings (SSSR count). The highest BCUT2D eigenvalue weighted by molar-refractivity contribution is 7.92. The largest absolute Gasteiger partial charge is 0.351 e. The summed E-state index contributed by atoms with van der Waals surface area (Å²) in [5, 5.41) is 6.36. The van der Waals surface area contributed by atoms with Crippen LogP contribution in [0.1, 0.15) is 60.6 Å². The number of rotatable bonds is 12. The smallest absolute Gasteiger partial charge is 0.270 e. The molecule has 29 heavy (non-hydrogen) atoms. The van der Waals surface area contributed by atoms with E-state index in [0.717, 1.165) is 31.2 Å². The van der Waals surface area contributed by atoms with Crippen LogP contribution in [0.3, 0.4) is 0 Å². The number of nitrogens with one attached hydrogen (secondary N) is 1. The lowest BCUT2D eigenvalue weighted by molar-refractivity contribution is 0.0948. The van der Waals surface area contributed by atoms with E-state index in [1.165, 1.54) is 21.1 Å². The molecule has 0 aliphatic carbocycles. The zero-order valence-corrected chi connectivity index (χ0v) is 18.6. The van der Waals surface area contributed by atoms with Crippen LogP contribution >= 0.6 is 11.3 Å². The van der Waals surface area contributed by atoms with Crippen molar-refractivity contribution in [3.63, 3.8) is 0 Å². The Morgan fingerprint density at radius 3 is 2.59 bits per heavy atom. The Kier molecular flexibility index (Phi) is 9.50. The Hall–Kier alpha value is -2.03. The number of sulfonamides is 1. The highest BCUT2D eigenvalue weighted by Crippen LogP contribution is 2.17. The molecule has 0 bridgehead atoms. The number of hydrogen-bond acceptors (Lipinski definition) is 5. The minimum absolute atomic E-state index is 0.161. The molecule has 0 saturated carbocycles. The van der Waals surface area contributed by atoms with E-state index in [2.05, 4.69) is 17.2 Å². The van der Waals surface area contributed by atoms with E-state index in [9.17, 15) is 13.2 Å². The molecule has 1 amide bonds. The van der Waals surface area contributed by atoms with Crippen LogP contribution in [-0.4, -0.2) is 36.7 Å². The third-order valence-corrected chi connectivity index (χ3v) is 6.61. The van der Waals surface area contributed by atoms with Crippen LogP contribution in [0.15, 0.2) is 41.1 Å². The number of thiazole rings is 1. The van der Waals surface area contributed by atoms with E-state index in [4.69, 9.17) is 0 Å². The van der Waals surface area contributed by atoms with Gasteiger partial charge in [-0.15, -0.1) is 11.3 Å². The van der Waals surface area contributed by atoms with Gasteiger partial charge < -0.3 is 5.32 Å². The molecule has 1 N–H and O–H groups in total. The molecule has 1 aromatic carbocycles. The zero-order valence-electron chi connectivity index (χ0n) is 17.0. The normalized spacial score (nSPS) is 12.0. The number of aromatic nitrogens is 1. The SMILES string of the molecule is CCCCNC(=O)c1csc(CN(CCCC)S(=O)(=O)C=Cc2ccccc2)n1. The number of carbonyl (C=O) groups excluding carboxylic acids is 1. The van der Waals surface area contributed by atoms with Crippen LogP contribution in [0.2, 0.25) is 0 Å². The van der Waals surface area contributed by atoms with Gasteiger partial charge in [-0.25, -0.2) is 13.4 Å². The van der Waals surface area contributed by atoms with Gasteiger partial charge in [0.25, 0.3) is 5.91 Å². The van der Waals surface area contributed by atoms with Gasteiger partial charge >= 0.3 is 0 Å². The number of nitrogens with zero attached hydrogens (tertiary/aromatic N) is 2. The van der Waals surface area contributed by atoms with Gasteiger partial charge in [0.1, 0.15) is 10.7 Å². The van der Waals surface area contributed by atoms with Crippen LogP contribution < -0.4 is 5.32 Å². The second-order valence-electron chi connectivity index (χ2n) is 6.68. The molecule has 0 unspecified atom stereocenters. The third-order valence-electron chi connectivity index (χ3n) is 4.26. The Morgan fingerprint density at radius 2 is 1.90 bits per heavy atom. The second kappa shape index (κ2) is 11.8. The Labute approximate surface area is 177 Å². The third kappa shape index (κ3) is 7.72. The first-order chi connectivity index (χ1) is 14.0. The molecule has 1 heterocycles. The second-order valence-corrected chi connectivity index (χ2v) is 9.44. The van der Waals surface area contributed by atoms with Crippen LogP contribution in [0, 0.1) is 0 Å². The molecule has 1 aromatic heterocycles. The van der Waals surface area contributed by atoms with Crippen molar-refractivity contribution in [2.75, 3.05) is 13.1 Å². The molecule has 2 aromatic rings. The van der Waals surface area contributed by atoms with Crippen molar-refractivity contribution in [1.82, 2.24) is 14.6 Å². The maximum Gasteiger partial charge on any atom is 0.270 e. The molecular weight excluding hydrogens is 406 g/mol. The summed E-state index contributed by atoms with van der Waals surface area (Å²) in [5.74, 6) is -0.215. The molecule has 8 heteroatoms. The fourth-order valence-electron chi connectivity index (χ4n) is 2.55. The van der Waals surface area contributed by atoms with E-state index in [-0.39, 0.29) is 12.5 Å². The van der Waals surface area contributed by atoms with Crippen LogP contribution in [0.5, 0.6) is 0 Å². The molecule has 0 saturated heterocycles. The maximum absolute atomic E-state index is 12.9. The van der Waals surface area contributed by atoms with E-state index >= 15 is 0 Å². The Morgan fingerprint density at radius 1 is 1.17 bits per heavy atom. The molecule has 158 valence electrons. The number of hydrogen-bond donors (Lipinski definition) is 1. The summed E-state index contributed by atoms with van der Waals surface area (Å²) < 4.78 is 27.2. The zero-order chi connectivity index (χ0) is 21.1. The fraction of sp³-hybridized carbons (Fsp3) is 0.429. The van der Waals surface area contributed by atoms with Gasteiger partial charge in [-0.1, -0.05) is 57.0 Å². The van der Waals surface area contributed by atoms with Crippen LogP contribution in [-0.2, 0) is 16.6 Å². The molecule has 0 spiro atoms. The topological polar surface area (TPSA) is 79.4 Å². The number of benzene rings is 1. The molecular formula is C21H29N3O3S2. The highest BCUT2D eigenvalue weighted by Gasteiger charge is 2.21. The molecule has 0 aliphatic heterocycles. The van der Waals surface area contributed by atoms with Gasteiger partial charge in [-0.05, 0) is 24.5 Å². The average molecular weight is 436 g/mol. The number of amides is 1. The molecule has 0 radical (unpaired) electrons. The van der Waals surface area contributed by atoms with Gasteiger partial charge in [0, 0.05) is 23.9 Å². The fourth-order valence-corrected chi connectivity index (χ4v) is 4.61. The number of unbranched alkanes of at least 4 members (excludes halogenated alkanes) is 2. The number of carbonyl (C=O) groups is 1. The minimum Gasteiger partial charge on any atom is -0.351 e. The summed E-state index contributed by atoms with van der Waals surface area (Å²) in [7, 11) is -3.60. The first-order valence-corrected chi connectivity index (χ1v) is 12.3. The first kappa shape index (κ1) is 23.3. The summed E-state index contributed by atoms with van der Waals surface area (Å²) in [6.45, 7) is 5.27. The van der Waals surface area contributed by atoms with Crippen molar-refractivity contribution in [1.29, 1.82) is 0 Å². The predicted molar refractivity (Wildman–Crippen MR) is 119 cm³/mol. The van der Waals surface area contributed by atoms with E-state index < -0.39 is 10.0 Å². The van der Waals surface area contributed by atoms with E-state index in [1.54, 1.807) is 11.5 Å². The monoisotopic (exact) mass is 435 g/mol.